The fourth-order valence-electron chi connectivity index (χ4n) is 3.28. The molecule has 0 atom stereocenters. The first-order chi connectivity index (χ1) is 14.5. The quantitative estimate of drug-likeness (QED) is 0.537. The highest BCUT2D eigenvalue weighted by Crippen LogP contribution is 2.26. The van der Waals surface area contributed by atoms with Crippen LogP contribution in [0.2, 0.25) is 0 Å². The van der Waals surface area contributed by atoms with E-state index < -0.39 is 5.91 Å². The van der Waals surface area contributed by atoms with E-state index in [2.05, 4.69) is 15.3 Å². The average Bonchev–Trinajstić information content (AvgIpc) is 3.29. The van der Waals surface area contributed by atoms with Crippen molar-refractivity contribution in [3.05, 3.63) is 96.2 Å². The third-order valence-corrected chi connectivity index (χ3v) is 4.83. The van der Waals surface area contributed by atoms with Crippen molar-refractivity contribution in [1.82, 2.24) is 14.5 Å². The predicted octanol–water partition coefficient (Wildman–Crippen LogP) is 3.59. The van der Waals surface area contributed by atoms with Gasteiger partial charge in [0.1, 0.15) is 0 Å². The van der Waals surface area contributed by atoms with Gasteiger partial charge in [-0.2, -0.15) is 0 Å². The van der Waals surface area contributed by atoms with E-state index >= 15 is 0 Å². The lowest BCUT2D eigenvalue weighted by molar-refractivity contribution is 0.0998. The summed E-state index contributed by atoms with van der Waals surface area (Å²) in [6.07, 6.45) is 6.65. The summed E-state index contributed by atoms with van der Waals surface area (Å²) in [5.74, 6) is -0.813. The topological polar surface area (TPSA) is 103 Å². The second-order valence-corrected chi connectivity index (χ2v) is 6.71. The van der Waals surface area contributed by atoms with E-state index in [4.69, 9.17) is 5.73 Å². The Morgan fingerprint density at radius 1 is 1.03 bits per heavy atom. The number of anilines is 1. The van der Waals surface area contributed by atoms with Crippen LogP contribution in [0.1, 0.15) is 26.3 Å². The number of nitrogens with two attached hydrogens (primary N) is 1. The van der Waals surface area contributed by atoms with Crippen molar-refractivity contribution in [1.29, 1.82) is 0 Å². The molecule has 7 heteroatoms. The van der Waals surface area contributed by atoms with Gasteiger partial charge in [0.15, 0.2) is 0 Å². The van der Waals surface area contributed by atoms with E-state index in [1.807, 2.05) is 37.3 Å². The van der Waals surface area contributed by atoms with Crippen LogP contribution < -0.4 is 11.1 Å². The molecule has 7 nitrogen and oxygen atoms in total. The van der Waals surface area contributed by atoms with E-state index in [1.54, 1.807) is 53.8 Å². The predicted molar refractivity (Wildman–Crippen MR) is 114 cm³/mol. The summed E-state index contributed by atoms with van der Waals surface area (Å²) in [6, 6.07) is 16.1. The number of rotatable bonds is 5. The van der Waals surface area contributed by atoms with Gasteiger partial charge in [0, 0.05) is 35.3 Å². The Balaban J connectivity index is 1.71. The number of carbonyl (C=O) groups is 2. The first-order valence-electron chi connectivity index (χ1n) is 9.29. The highest BCUT2D eigenvalue weighted by molar-refractivity contribution is 6.07. The Labute approximate surface area is 173 Å². The number of nitrogens with zero attached hydrogens (tertiary/aromatic N) is 3. The summed E-state index contributed by atoms with van der Waals surface area (Å²) in [6.45, 7) is 1.89. The standard InChI is InChI=1S/C23H19N5O2/c1-15-17(19-7-2-3-10-26-19)5-4-6-18(15)23(30)27-20-9-8-16(22(24)29)13-21(20)28-12-11-25-14-28/h2-14H,1H3,(H2,24,29)(H,27,30). The molecule has 2 aromatic carbocycles. The molecule has 30 heavy (non-hydrogen) atoms. The minimum atomic E-state index is -0.548. The zero-order valence-electron chi connectivity index (χ0n) is 16.2. The van der Waals surface area contributed by atoms with Crippen molar-refractivity contribution in [2.24, 2.45) is 5.73 Å². The van der Waals surface area contributed by atoms with Gasteiger partial charge in [-0.05, 0) is 48.9 Å². The Bertz CT molecular complexity index is 1220. The number of imidazole rings is 1. The van der Waals surface area contributed by atoms with Gasteiger partial charge < -0.3 is 15.6 Å². The summed E-state index contributed by atoms with van der Waals surface area (Å²) in [5, 5.41) is 2.94. The SMILES string of the molecule is Cc1c(C(=O)Nc2ccc(C(N)=O)cc2-n2ccnc2)cccc1-c1ccccn1. The number of carbonyl (C=O) groups excluding carboxylic acids is 2. The van der Waals surface area contributed by atoms with Crippen molar-refractivity contribution >= 4 is 17.5 Å². The van der Waals surface area contributed by atoms with Gasteiger partial charge in [-0.15, -0.1) is 0 Å². The minimum Gasteiger partial charge on any atom is -0.366 e. The number of amides is 2. The summed E-state index contributed by atoms with van der Waals surface area (Å²) in [5.41, 5.74) is 9.93. The smallest absolute Gasteiger partial charge is 0.256 e. The molecule has 2 heterocycles. The summed E-state index contributed by atoms with van der Waals surface area (Å²) >= 11 is 0. The van der Waals surface area contributed by atoms with Crippen LogP contribution in [0.15, 0.2) is 79.5 Å². The van der Waals surface area contributed by atoms with Crippen LogP contribution in [-0.2, 0) is 0 Å². The number of nitrogens with one attached hydrogen (secondary N) is 1. The van der Waals surface area contributed by atoms with E-state index in [1.165, 1.54) is 0 Å². The Hall–Kier alpha value is -4.26. The minimum absolute atomic E-state index is 0.265. The second kappa shape index (κ2) is 8.00. The molecular weight excluding hydrogens is 378 g/mol. The van der Waals surface area contributed by atoms with E-state index in [0.717, 1.165) is 16.8 Å². The number of primary amides is 1. The van der Waals surface area contributed by atoms with Crippen molar-refractivity contribution < 1.29 is 9.59 Å². The molecule has 0 saturated carbocycles. The van der Waals surface area contributed by atoms with Gasteiger partial charge in [-0.1, -0.05) is 18.2 Å². The molecule has 0 unspecified atom stereocenters. The molecule has 2 aromatic heterocycles. The van der Waals surface area contributed by atoms with Crippen LogP contribution in [0.3, 0.4) is 0 Å². The number of hydrogen-bond donors (Lipinski definition) is 2. The highest BCUT2D eigenvalue weighted by atomic mass is 16.2. The molecule has 3 N–H and O–H groups in total. The second-order valence-electron chi connectivity index (χ2n) is 6.71. The third-order valence-electron chi connectivity index (χ3n) is 4.83. The first-order valence-corrected chi connectivity index (χ1v) is 9.29. The van der Waals surface area contributed by atoms with E-state index in [-0.39, 0.29) is 5.91 Å². The molecule has 0 bridgehead atoms. The molecular formula is C23H19N5O2. The van der Waals surface area contributed by atoms with Crippen LogP contribution in [0.25, 0.3) is 16.9 Å². The maximum atomic E-state index is 13.1. The maximum absolute atomic E-state index is 13.1. The molecule has 4 aromatic rings. The van der Waals surface area contributed by atoms with Gasteiger partial charge in [-0.3, -0.25) is 14.6 Å². The normalized spacial score (nSPS) is 10.6. The summed E-state index contributed by atoms with van der Waals surface area (Å²) < 4.78 is 1.71. The van der Waals surface area contributed by atoms with Crippen LogP contribution in [0, 0.1) is 6.92 Å². The molecule has 4 rings (SSSR count). The monoisotopic (exact) mass is 397 g/mol. The van der Waals surface area contributed by atoms with Gasteiger partial charge in [0.25, 0.3) is 5.91 Å². The largest absolute Gasteiger partial charge is 0.366 e. The van der Waals surface area contributed by atoms with Crippen LogP contribution in [-0.4, -0.2) is 26.3 Å². The molecule has 0 aliphatic carbocycles. The zero-order valence-corrected chi connectivity index (χ0v) is 16.2. The van der Waals surface area contributed by atoms with Crippen molar-refractivity contribution in [2.45, 2.75) is 6.92 Å². The average molecular weight is 397 g/mol. The lowest BCUT2D eigenvalue weighted by Crippen LogP contribution is -2.17. The number of benzene rings is 2. The number of hydrogen-bond acceptors (Lipinski definition) is 4. The fraction of sp³-hybridized carbons (Fsp3) is 0.0435. The first kappa shape index (κ1) is 19.1. The lowest BCUT2D eigenvalue weighted by Gasteiger charge is -2.15. The molecule has 148 valence electrons. The van der Waals surface area contributed by atoms with Gasteiger partial charge in [-0.25, -0.2) is 4.98 Å². The van der Waals surface area contributed by atoms with Gasteiger partial charge in [0.2, 0.25) is 5.91 Å². The fourth-order valence-corrected chi connectivity index (χ4v) is 3.28. The lowest BCUT2D eigenvalue weighted by atomic mass is 9.99. The Kier molecular flexibility index (Phi) is 5.09. The number of pyridine rings is 1. The van der Waals surface area contributed by atoms with Gasteiger partial charge >= 0.3 is 0 Å². The van der Waals surface area contributed by atoms with E-state index in [9.17, 15) is 9.59 Å². The summed E-state index contributed by atoms with van der Waals surface area (Å²) in [4.78, 5) is 33.1. The van der Waals surface area contributed by atoms with Crippen molar-refractivity contribution in [3.8, 4) is 16.9 Å². The molecule has 0 aliphatic heterocycles. The molecule has 0 aliphatic rings. The molecule has 0 fully saturated rings. The Morgan fingerprint density at radius 3 is 2.60 bits per heavy atom. The molecule has 0 spiro atoms. The van der Waals surface area contributed by atoms with Crippen molar-refractivity contribution in [3.63, 3.8) is 0 Å². The Morgan fingerprint density at radius 2 is 1.90 bits per heavy atom. The maximum Gasteiger partial charge on any atom is 0.256 e. The van der Waals surface area contributed by atoms with Crippen LogP contribution in [0.5, 0.6) is 0 Å². The van der Waals surface area contributed by atoms with Crippen LogP contribution in [0.4, 0.5) is 5.69 Å². The molecule has 2 amide bonds. The molecule has 0 radical (unpaired) electrons. The van der Waals surface area contributed by atoms with Gasteiger partial charge in [0.05, 0.1) is 23.4 Å². The van der Waals surface area contributed by atoms with E-state index in [0.29, 0.717) is 22.5 Å². The highest BCUT2D eigenvalue weighted by Gasteiger charge is 2.16. The number of aromatic nitrogens is 3. The summed E-state index contributed by atoms with van der Waals surface area (Å²) in [7, 11) is 0. The zero-order chi connectivity index (χ0) is 21.1. The van der Waals surface area contributed by atoms with Crippen LogP contribution >= 0.6 is 0 Å². The molecule has 0 saturated heterocycles. The van der Waals surface area contributed by atoms with Crippen molar-refractivity contribution in [2.75, 3.05) is 5.32 Å². The third kappa shape index (κ3) is 3.68.